The zero-order valence-electron chi connectivity index (χ0n) is 25.6. The monoisotopic (exact) mass is 680 g/mol. The molecule has 3 saturated carbocycles. The number of fused-ring (bicyclic) bond motifs is 6. The third-order valence-electron chi connectivity index (χ3n) is 13.3. The maximum absolute atomic E-state index is 5.93. The van der Waals surface area contributed by atoms with Gasteiger partial charge < -0.3 is 0 Å². The number of halogens is 2. The van der Waals surface area contributed by atoms with Gasteiger partial charge in [-0.25, -0.2) is 0 Å². The van der Waals surface area contributed by atoms with Crippen molar-refractivity contribution in [2.24, 2.45) is 23.7 Å². The molecule has 3 heteroatoms. The van der Waals surface area contributed by atoms with Crippen LogP contribution in [0.5, 0.6) is 0 Å². The van der Waals surface area contributed by atoms with Crippen molar-refractivity contribution in [3.8, 4) is 0 Å². The molecule has 0 aliphatic heterocycles. The zero-order chi connectivity index (χ0) is 26.8. The molecular weight excluding hydrogens is 631 g/mol. The van der Waals surface area contributed by atoms with Gasteiger partial charge in [0.1, 0.15) is 0 Å². The molecule has 42 heavy (non-hydrogen) atoms. The molecule has 0 radical (unpaired) electrons. The second-order valence-corrected chi connectivity index (χ2v) is 30.7. The van der Waals surface area contributed by atoms with Crippen LogP contribution in [0.4, 0.5) is 0 Å². The summed E-state index contributed by atoms with van der Waals surface area (Å²) < 4.78 is 11.7. The summed E-state index contributed by atoms with van der Waals surface area (Å²) in [5.41, 5.74) is 10.4. The predicted molar refractivity (Wildman–Crippen MR) is 184 cm³/mol. The molecule has 1 aromatic rings. The second-order valence-electron chi connectivity index (χ2n) is 15.3. The number of hydrogen-bond acceptors (Lipinski definition) is 0. The molecule has 0 N–H and O–H groups in total. The van der Waals surface area contributed by atoms with Crippen LogP contribution in [-0.4, -0.2) is 4.21 Å². The van der Waals surface area contributed by atoms with Gasteiger partial charge in [0, 0.05) is 0 Å². The summed E-state index contributed by atoms with van der Waals surface area (Å²) in [6.45, 7) is 0. The summed E-state index contributed by atoms with van der Waals surface area (Å²) in [7, 11) is 0. The topological polar surface area (TPSA) is 0 Å². The van der Waals surface area contributed by atoms with Crippen LogP contribution in [0, 0.1) is 23.7 Å². The molecule has 226 valence electrons. The fraction of sp³-hybridized carbons (Fsp3) is 0.564. The van der Waals surface area contributed by atoms with E-state index in [9.17, 15) is 0 Å². The molecule has 0 heterocycles. The van der Waals surface area contributed by atoms with Gasteiger partial charge >= 0.3 is 246 Å². The van der Waals surface area contributed by atoms with Gasteiger partial charge in [-0.05, 0) is 0 Å². The van der Waals surface area contributed by atoms with Gasteiger partial charge in [0.25, 0.3) is 0 Å². The summed E-state index contributed by atoms with van der Waals surface area (Å²) in [4.78, 5) is 0. The Kier molecular flexibility index (Phi) is 9.09. The van der Waals surface area contributed by atoms with Crippen molar-refractivity contribution in [2.45, 2.75) is 108 Å². The van der Waals surface area contributed by atoms with Gasteiger partial charge in [-0.2, -0.15) is 0 Å². The van der Waals surface area contributed by atoms with Gasteiger partial charge in [0.2, 0.25) is 0 Å². The molecule has 3 atom stereocenters. The Labute approximate surface area is 268 Å². The van der Waals surface area contributed by atoms with Gasteiger partial charge in [-0.1, -0.05) is 0 Å². The van der Waals surface area contributed by atoms with Crippen molar-refractivity contribution >= 4 is 34.6 Å². The summed E-state index contributed by atoms with van der Waals surface area (Å²) in [6, 6.07) is 9.49. The van der Waals surface area contributed by atoms with Gasteiger partial charge in [0.15, 0.2) is 0 Å². The van der Waals surface area contributed by atoms with Crippen LogP contribution in [0.2, 0.25) is 11.9 Å². The third-order valence-corrected chi connectivity index (χ3v) is 32.3. The van der Waals surface area contributed by atoms with Crippen molar-refractivity contribution in [3.63, 3.8) is 0 Å². The first kappa shape index (κ1) is 31.2. The van der Waals surface area contributed by atoms with Crippen LogP contribution in [-0.2, 0) is 24.7 Å². The zero-order valence-corrected chi connectivity index (χ0v) is 29.7. The Morgan fingerprint density at radius 1 is 0.762 bits per heavy atom. The molecule has 0 aromatic heterocycles. The van der Waals surface area contributed by atoms with Crippen molar-refractivity contribution < 1.29 is 18.3 Å². The summed E-state index contributed by atoms with van der Waals surface area (Å²) in [6.07, 6.45) is 33.9. The molecule has 1 aromatic carbocycles. The molecule has 3 fully saturated rings. The van der Waals surface area contributed by atoms with Crippen LogP contribution in [0.25, 0.3) is 5.57 Å². The molecular formula is C39H52Cl2Zr. The van der Waals surface area contributed by atoms with E-state index in [-0.39, 0.29) is 24.8 Å². The summed E-state index contributed by atoms with van der Waals surface area (Å²) in [5.74, 6) is 3.42. The Balaban J connectivity index is 0.00000158. The van der Waals surface area contributed by atoms with Gasteiger partial charge in [0.05, 0.1) is 0 Å². The molecule has 0 amide bonds. The van der Waals surface area contributed by atoms with Crippen LogP contribution in [0.3, 0.4) is 0 Å². The van der Waals surface area contributed by atoms with Crippen LogP contribution >= 0.6 is 24.8 Å². The minimum absolute atomic E-state index is 0. The van der Waals surface area contributed by atoms with Crippen molar-refractivity contribution in [3.05, 3.63) is 85.8 Å². The van der Waals surface area contributed by atoms with E-state index in [1.54, 1.807) is 30.5 Å². The van der Waals surface area contributed by atoms with E-state index in [0.29, 0.717) is 0 Å². The van der Waals surface area contributed by atoms with Gasteiger partial charge in [-0.15, -0.1) is 24.8 Å². The molecule has 7 aliphatic rings. The molecule has 3 unspecified atom stereocenters. The first-order valence-electron chi connectivity index (χ1n) is 17.3. The molecule has 7 aliphatic carbocycles. The molecule has 0 bridgehead atoms. The molecule has 8 rings (SSSR count). The van der Waals surface area contributed by atoms with Crippen LogP contribution in [0.15, 0.2) is 74.6 Å². The number of rotatable bonds is 6. The number of hydrogen-bond donors (Lipinski definition) is 0. The van der Waals surface area contributed by atoms with E-state index in [2.05, 4.69) is 54.6 Å². The maximum atomic E-state index is 5.93. The average Bonchev–Trinajstić information content (AvgIpc) is 3.80. The fourth-order valence-corrected chi connectivity index (χ4v) is 33.4. The Morgan fingerprint density at radius 3 is 2.17 bits per heavy atom. The predicted octanol–water partition coefficient (Wildman–Crippen LogP) is 11.9. The normalized spacial score (nSPS) is 29.1. The minimum atomic E-state index is -3.78. The Bertz CT molecular complexity index is 1400. The van der Waals surface area contributed by atoms with Crippen molar-refractivity contribution in [1.82, 2.24) is 0 Å². The molecule has 0 nitrogen and oxygen atoms in total. The standard InChI is InChI=1S/C21H21.2C6H11.C5H5.CH2.2ClH.Zr/c1-2-8-15-14(7-1)13-20-18-11-4-3-9-16(18)17-10-5-6-12-19(17)21(15)20;2*1-6-4-2-3-5-6;1-2-4-5-3-1;;;;/h1-2,6-8,11-12,16-17H,3-5,9-10,13H2;2*6H,1-5H2;1-3H,4H2;1H2;2*1H;. The Hall–Kier alpha value is -0.747. The van der Waals surface area contributed by atoms with Crippen LogP contribution in [0.1, 0.15) is 101 Å². The SMILES string of the molecule is Cl.Cl.[CH2]=[Zr]([CH2]C1CCCC1)([CH2]C1CCCC1)([C]1=CC=CC1)[CH]1CCCC2C1=C1Cc3ccccc3C1=C1C=CCCC12. The number of allylic oxidation sites excluding steroid dienone is 10. The first-order valence-corrected chi connectivity index (χ1v) is 25.1. The van der Waals surface area contributed by atoms with Crippen molar-refractivity contribution in [2.75, 3.05) is 0 Å². The quantitative estimate of drug-likeness (QED) is 0.280. The van der Waals surface area contributed by atoms with E-state index in [4.69, 9.17) is 4.21 Å². The van der Waals surface area contributed by atoms with E-state index < -0.39 is 18.3 Å². The Morgan fingerprint density at radius 2 is 1.48 bits per heavy atom. The number of benzene rings is 1. The summed E-state index contributed by atoms with van der Waals surface area (Å²) in [5, 5.41) is 0. The fourth-order valence-electron chi connectivity index (χ4n) is 11.8. The summed E-state index contributed by atoms with van der Waals surface area (Å²) >= 11 is -3.78. The average molecular weight is 683 g/mol. The van der Waals surface area contributed by atoms with E-state index >= 15 is 0 Å². The second kappa shape index (κ2) is 12.2. The van der Waals surface area contributed by atoms with Crippen molar-refractivity contribution in [1.29, 1.82) is 0 Å². The molecule has 0 spiro atoms. The van der Waals surface area contributed by atoms with E-state index in [1.807, 2.05) is 14.4 Å². The van der Waals surface area contributed by atoms with Crippen LogP contribution < -0.4 is 0 Å². The van der Waals surface area contributed by atoms with E-state index in [0.717, 1.165) is 27.3 Å². The van der Waals surface area contributed by atoms with Gasteiger partial charge in [-0.3, -0.25) is 0 Å². The van der Waals surface area contributed by atoms with E-state index in [1.165, 1.54) is 96.3 Å². The molecule has 0 saturated heterocycles. The first-order chi connectivity index (χ1) is 19.6. The third kappa shape index (κ3) is 4.90.